The van der Waals surface area contributed by atoms with Crippen molar-refractivity contribution in [3.05, 3.63) is 16.8 Å². The van der Waals surface area contributed by atoms with Gasteiger partial charge in [0.1, 0.15) is 11.6 Å². The third kappa shape index (κ3) is 2.75. The van der Waals surface area contributed by atoms with E-state index >= 15 is 0 Å². The summed E-state index contributed by atoms with van der Waals surface area (Å²) in [4.78, 5) is 2.11. The fourth-order valence-corrected chi connectivity index (χ4v) is 2.91. The van der Waals surface area contributed by atoms with Crippen molar-refractivity contribution in [2.75, 3.05) is 24.6 Å². The Morgan fingerprint density at radius 1 is 1.35 bits per heavy atom. The molecule has 1 atom stereocenters. The quantitative estimate of drug-likeness (QED) is 0.904. The Morgan fingerprint density at radius 3 is 2.75 bits per heavy atom. The van der Waals surface area contributed by atoms with E-state index in [4.69, 9.17) is 0 Å². The van der Waals surface area contributed by atoms with Crippen molar-refractivity contribution in [2.45, 2.75) is 39.5 Å². The van der Waals surface area contributed by atoms with Crippen molar-refractivity contribution in [2.24, 2.45) is 5.92 Å². The minimum atomic E-state index is 0.194. The topological polar surface area (TPSA) is 73.0 Å². The van der Waals surface area contributed by atoms with Crippen molar-refractivity contribution in [3.63, 3.8) is 0 Å². The molecule has 1 aromatic heterocycles. The number of rotatable bonds is 4. The molecule has 0 spiro atoms. The van der Waals surface area contributed by atoms with Gasteiger partial charge in [0.2, 0.25) is 0 Å². The minimum absolute atomic E-state index is 0.194. The lowest BCUT2D eigenvalue weighted by Crippen LogP contribution is -2.38. The maximum absolute atomic E-state index is 9.51. The standard InChI is InChI=1S/C15H22N4O/c1-3-12-13(8-16)15(18-17-14(12)4-2)19-7-5-6-11(9-19)10-20/h11,20H,3-7,9-10H2,1-2H3. The maximum atomic E-state index is 9.51. The smallest absolute Gasteiger partial charge is 0.169 e. The first-order chi connectivity index (χ1) is 9.74. The van der Waals surface area contributed by atoms with Gasteiger partial charge in [-0.25, -0.2) is 0 Å². The molecule has 0 saturated carbocycles. The van der Waals surface area contributed by atoms with Crippen LogP contribution in [0.25, 0.3) is 0 Å². The van der Waals surface area contributed by atoms with Crippen LogP contribution in [0.3, 0.4) is 0 Å². The summed E-state index contributed by atoms with van der Waals surface area (Å²) in [5.74, 6) is 0.965. The zero-order valence-electron chi connectivity index (χ0n) is 12.3. The third-order valence-corrected chi connectivity index (χ3v) is 4.02. The molecule has 5 nitrogen and oxygen atoms in total. The molecule has 20 heavy (non-hydrogen) atoms. The molecule has 1 N–H and O–H groups in total. The summed E-state index contributed by atoms with van der Waals surface area (Å²) in [6, 6.07) is 2.31. The molecule has 2 rings (SSSR count). The van der Waals surface area contributed by atoms with E-state index in [-0.39, 0.29) is 12.5 Å². The molecule has 0 radical (unpaired) electrons. The first kappa shape index (κ1) is 14.7. The summed E-state index contributed by atoms with van der Waals surface area (Å²) in [7, 11) is 0. The predicted octanol–water partition coefficient (Wildman–Crippen LogP) is 1.68. The fourth-order valence-electron chi connectivity index (χ4n) is 2.91. The van der Waals surface area contributed by atoms with Gasteiger partial charge < -0.3 is 10.0 Å². The normalized spacial score (nSPS) is 18.9. The van der Waals surface area contributed by atoms with E-state index in [9.17, 15) is 10.4 Å². The molecule has 1 aromatic rings. The molecule has 108 valence electrons. The maximum Gasteiger partial charge on any atom is 0.169 e. The third-order valence-electron chi connectivity index (χ3n) is 4.02. The van der Waals surface area contributed by atoms with E-state index in [1.807, 2.05) is 13.8 Å². The van der Waals surface area contributed by atoms with Crippen molar-refractivity contribution in [1.29, 1.82) is 5.26 Å². The van der Waals surface area contributed by atoms with Crippen molar-refractivity contribution in [1.82, 2.24) is 10.2 Å². The lowest BCUT2D eigenvalue weighted by molar-refractivity contribution is 0.208. The summed E-state index contributed by atoms with van der Waals surface area (Å²) in [6.45, 7) is 5.92. The van der Waals surface area contributed by atoms with Gasteiger partial charge in [-0.15, -0.1) is 5.10 Å². The average molecular weight is 274 g/mol. The van der Waals surface area contributed by atoms with Gasteiger partial charge in [0.15, 0.2) is 5.82 Å². The SMILES string of the molecule is CCc1nnc(N2CCCC(CO)C2)c(C#N)c1CC. The fraction of sp³-hybridized carbons (Fsp3) is 0.667. The number of hydrogen-bond donors (Lipinski definition) is 1. The van der Waals surface area contributed by atoms with Gasteiger partial charge in [-0.1, -0.05) is 13.8 Å². The second-order valence-electron chi connectivity index (χ2n) is 5.28. The van der Waals surface area contributed by atoms with Crippen LogP contribution in [0.5, 0.6) is 0 Å². The van der Waals surface area contributed by atoms with Crippen LogP contribution in [0.2, 0.25) is 0 Å². The molecule has 1 fully saturated rings. The molecule has 0 aliphatic carbocycles. The summed E-state index contributed by atoms with van der Waals surface area (Å²) >= 11 is 0. The molecule has 1 unspecified atom stereocenters. The summed E-state index contributed by atoms with van der Waals surface area (Å²) < 4.78 is 0. The molecular formula is C15H22N4O. The zero-order chi connectivity index (χ0) is 14.5. The molecular weight excluding hydrogens is 252 g/mol. The Bertz CT molecular complexity index is 509. The predicted molar refractivity (Wildman–Crippen MR) is 77.5 cm³/mol. The van der Waals surface area contributed by atoms with E-state index in [0.717, 1.165) is 50.0 Å². The van der Waals surface area contributed by atoms with Gasteiger partial charge in [-0.2, -0.15) is 10.4 Å². The molecule has 5 heteroatoms. The van der Waals surface area contributed by atoms with Crippen LogP contribution in [-0.4, -0.2) is 35.0 Å². The highest BCUT2D eigenvalue weighted by molar-refractivity contribution is 5.58. The lowest BCUT2D eigenvalue weighted by Gasteiger charge is -2.33. The number of aromatic nitrogens is 2. The Morgan fingerprint density at radius 2 is 2.15 bits per heavy atom. The zero-order valence-corrected chi connectivity index (χ0v) is 12.3. The van der Waals surface area contributed by atoms with Crippen molar-refractivity contribution < 1.29 is 5.11 Å². The lowest BCUT2D eigenvalue weighted by atomic mass is 9.97. The van der Waals surface area contributed by atoms with Crippen LogP contribution >= 0.6 is 0 Å². The van der Waals surface area contributed by atoms with E-state index in [1.165, 1.54) is 0 Å². The highest BCUT2D eigenvalue weighted by atomic mass is 16.3. The Labute approximate surface area is 120 Å². The average Bonchev–Trinajstić information content (AvgIpc) is 2.53. The number of aliphatic hydroxyl groups is 1. The Balaban J connectivity index is 2.39. The van der Waals surface area contributed by atoms with Gasteiger partial charge in [-0.05, 0) is 37.2 Å². The van der Waals surface area contributed by atoms with Crippen LogP contribution in [-0.2, 0) is 12.8 Å². The second kappa shape index (κ2) is 6.67. The molecule has 2 heterocycles. The summed E-state index contributed by atoms with van der Waals surface area (Å²) in [6.07, 6.45) is 3.65. The Hall–Kier alpha value is -1.67. The number of anilines is 1. The summed E-state index contributed by atoms with van der Waals surface area (Å²) in [5, 5.41) is 27.4. The van der Waals surface area contributed by atoms with Gasteiger partial charge in [0.05, 0.1) is 5.69 Å². The van der Waals surface area contributed by atoms with Gasteiger partial charge in [-0.3, -0.25) is 0 Å². The van der Waals surface area contributed by atoms with Crippen LogP contribution in [0.15, 0.2) is 0 Å². The Kier molecular flexibility index (Phi) is 4.91. The number of nitrogens with zero attached hydrogens (tertiary/aromatic N) is 4. The van der Waals surface area contributed by atoms with Gasteiger partial charge >= 0.3 is 0 Å². The van der Waals surface area contributed by atoms with Crippen molar-refractivity contribution >= 4 is 5.82 Å². The van der Waals surface area contributed by atoms with E-state index in [1.54, 1.807) is 0 Å². The van der Waals surface area contributed by atoms with Crippen LogP contribution < -0.4 is 4.90 Å². The number of piperidine rings is 1. The monoisotopic (exact) mass is 274 g/mol. The van der Waals surface area contributed by atoms with Crippen LogP contribution in [0.4, 0.5) is 5.82 Å². The first-order valence-electron chi connectivity index (χ1n) is 7.39. The molecule has 0 bridgehead atoms. The number of hydrogen-bond acceptors (Lipinski definition) is 5. The molecule has 0 amide bonds. The van der Waals surface area contributed by atoms with E-state index in [2.05, 4.69) is 21.2 Å². The van der Waals surface area contributed by atoms with Crippen LogP contribution in [0, 0.1) is 17.2 Å². The molecule has 1 aliphatic heterocycles. The summed E-state index contributed by atoms with van der Waals surface area (Å²) in [5.41, 5.74) is 2.60. The van der Waals surface area contributed by atoms with Crippen LogP contribution in [0.1, 0.15) is 43.5 Å². The van der Waals surface area contributed by atoms with Gasteiger partial charge in [0.25, 0.3) is 0 Å². The number of aliphatic hydroxyl groups excluding tert-OH is 1. The molecule has 1 saturated heterocycles. The second-order valence-corrected chi connectivity index (χ2v) is 5.28. The van der Waals surface area contributed by atoms with E-state index in [0.29, 0.717) is 11.4 Å². The minimum Gasteiger partial charge on any atom is -0.396 e. The molecule has 1 aliphatic rings. The van der Waals surface area contributed by atoms with Crippen molar-refractivity contribution in [3.8, 4) is 6.07 Å². The number of aryl methyl sites for hydroxylation is 1. The van der Waals surface area contributed by atoms with Gasteiger partial charge in [0, 0.05) is 19.7 Å². The molecule has 0 aromatic carbocycles. The largest absolute Gasteiger partial charge is 0.396 e. The highest BCUT2D eigenvalue weighted by Gasteiger charge is 2.24. The highest BCUT2D eigenvalue weighted by Crippen LogP contribution is 2.27. The number of nitriles is 1. The first-order valence-corrected chi connectivity index (χ1v) is 7.39. The van der Waals surface area contributed by atoms with E-state index < -0.39 is 0 Å².